The number of rotatable bonds is 12. The first-order valence-corrected chi connectivity index (χ1v) is 12.7. The van der Waals surface area contributed by atoms with Crippen molar-refractivity contribution in [2.24, 2.45) is 0 Å². The van der Waals surface area contributed by atoms with E-state index >= 15 is 0 Å². The van der Waals surface area contributed by atoms with E-state index in [0.717, 1.165) is 11.8 Å². The number of benzene rings is 2. The number of hydrogen-bond acceptors (Lipinski definition) is 5. The summed E-state index contributed by atoms with van der Waals surface area (Å²) in [6, 6.07) is 15.9. The van der Waals surface area contributed by atoms with Crippen molar-refractivity contribution in [1.82, 2.24) is 10.2 Å². The van der Waals surface area contributed by atoms with Crippen LogP contribution in [0.25, 0.3) is 0 Å². The van der Waals surface area contributed by atoms with Crippen LogP contribution in [0, 0.1) is 0 Å². The maximum absolute atomic E-state index is 13.1. The lowest BCUT2D eigenvalue weighted by Crippen LogP contribution is -2.48. The molecule has 2 rings (SSSR count). The number of amides is 2. The molecule has 0 bridgehead atoms. The molecule has 0 aliphatic heterocycles. The van der Waals surface area contributed by atoms with Gasteiger partial charge in [-0.3, -0.25) is 13.9 Å². The smallest absolute Gasteiger partial charge is 0.242 e. The topological polar surface area (TPSA) is 96.0 Å². The van der Waals surface area contributed by atoms with Gasteiger partial charge in [-0.25, -0.2) is 8.42 Å². The second kappa shape index (κ2) is 12.2. The molecule has 180 valence electrons. The molecule has 8 nitrogen and oxygen atoms in total. The molecule has 0 unspecified atom stereocenters. The largest absolute Gasteiger partial charge is 0.497 e. The van der Waals surface area contributed by atoms with Crippen LogP contribution in [0.1, 0.15) is 25.3 Å². The summed E-state index contributed by atoms with van der Waals surface area (Å²) in [6.07, 6.45) is 2.18. The number of sulfonamides is 1. The average Bonchev–Trinajstić information content (AvgIpc) is 2.81. The van der Waals surface area contributed by atoms with Crippen LogP contribution >= 0.6 is 0 Å². The number of ether oxygens (including phenoxy) is 1. The molecular weight excluding hydrogens is 442 g/mol. The van der Waals surface area contributed by atoms with Gasteiger partial charge in [-0.2, -0.15) is 0 Å². The summed E-state index contributed by atoms with van der Waals surface area (Å²) in [7, 11) is -0.500. The lowest BCUT2D eigenvalue weighted by atomic mass is 10.1. The Bertz CT molecular complexity index is 1030. The summed E-state index contributed by atoms with van der Waals surface area (Å²) in [5.74, 6) is 0.107. The molecule has 1 atom stereocenters. The Morgan fingerprint density at radius 1 is 1.06 bits per heavy atom. The highest BCUT2D eigenvalue weighted by atomic mass is 32.2. The first-order valence-electron chi connectivity index (χ1n) is 10.8. The third-order valence-corrected chi connectivity index (χ3v) is 6.59. The van der Waals surface area contributed by atoms with Gasteiger partial charge in [0, 0.05) is 32.6 Å². The minimum atomic E-state index is -3.55. The SMILES string of the molecule is CNC(=O)[C@H](C)N(CCc1ccccc1)C(=O)CCCN(c1cccc(OC)c1)S(C)(=O)=O. The molecule has 0 aromatic heterocycles. The first-order chi connectivity index (χ1) is 15.7. The number of methoxy groups -OCH3 is 1. The van der Waals surface area contributed by atoms with Gasteiger partial charge in [0.2, 0.25) is 21.8 Å². The Kier molecular flexibility index (Phi) is 9.72. The third-order valence-electron chi connectivity index (χ3n) is 5.39. The summed E-state index contributed by atoms with van der Waals surface area (Å²) < 4.78 is 31.2. The van der Waals surface area contributed by atoms with E-state index in [-0.39, 0.29) is 24.8 Å². The van der Waals surface area contributed by atoms with Crippen molar-refractivity contribution in [3.63, 3.8) is 0 Å². The molecule has 0 saturated heterocycles. The number of hydrogen-bond donors (Lipinski definition) is 1. The van der Waals surface area contributed by atoms with Gasteiger partial charge in [-0.05, 0) is 37.5 Å². The van der Waals surface area contributed by atoms with Crippen LogP contribution in [0.2, 0.25) is 0 Å². The minimum Gasteiger partial charge on any atom is -0.497 e. The van der Waals surface area contributed by atoms with Crippen molar-refractivity contribution in [1.29, 1.82) is 0 Å². The van der Waals surface area contributed by atoms with Crippen molar-refractivity contribution < 1.29 is 22.7 Å². The van der Waals surface area contributed by atoms with Gasteiger partial charge in [0.05, 0.1) is 19.1 Å². The van der Waals surface area contributed by atoms with Crippen molar-refractivity contribution >= 4 is 27.5 Å². The Morgan fingerprint density at radius 3 is 2.36 bits per heavy atom. The summed E-state index contributed by atoms with van der Waals surface area (Å²) >= 11 is 0. The lowest BCUT2D eigenvalue weighted by molar-refractivity contribution is -0.139. The van der Waals surface area contributed by atoms with Gasteiger partial charge < -0.3 is 15.0 Å². The fourth-order valence-corrected chi connectivity index (χ4v) is 4.51. The van der Waals surface area contributed by atoms with Crippen LogP contribution < -0.4 is 14.4 Å². The molecule has 1 N–H and O–H groups in total. The van der Waals surface area contributed by atoms with Gasteiger partial charge in [-0.15, -0.1) is 0 Å². The fraction of sp³-hybridized carbons (Fsp3) is 0.417. The highest BCUT2D eigenvalue weighted by molar-refractivity contribution is 7.92. The van der Waals surface area contributed by atoms with Crippen LogP contribution in [-0.4, -0.2) is 64.7 Å². The Balaban J connectivity index is 2.09. The van der Waals surface area contributed by atoms with Gasteiger partial charge in [0.1, 0.15) is 11.8 Å². The second-order valence-electron chi connectivity index (χ2n) is 7.75. The summed E-state index contributed by atoms with van der Waals surface area (Å²) in [5, 5.41) is 2.59. The van der Waals surface area contributed by atoms with Crippen LogP contribution in [-0.2, 0) is 26.0 Å². The molecule has 2 aromatic rings. The molecular formula is C24H33N3O5S. The van der Waals surface area contributed by atoms with E-state index in [1.54, 1.807) is 36.1 Å². The molecule has 0 saturated carbocycles. The van der Waals surface area contributed by atoms with Crippen molar-refractivity contribution in [2.45, 2.75) is 32.2 Å². The minimum absolute atomic E-state index is 0.117. The van der Waals surface area contributed by atoms with E-state index in [9.17, 15) is 18.0 Å². The number of carbonyl (C=O) groups is 2. The Labute approximate surface area is 196 Å². The van der Waals surface area contributed by atoms with Crippen molar-refractivity contribution in [3.05, 3.63) is 60.2 Å². The van der Waals surface area contributed by atoms with Crippen LogP contribution in [0.15, 0.2) is 54.6 Å². The molecule has 9 heteroatoms. The zero-order chi connectivity index (χ0) is 24.4. The summed E-state index contributed by atoms with van der Waals surface area (Å²) in [4.78, 5) is 26.8. The molecule has 0 radical (unpaired) electrons. The number of nitrogens with zero attached hydrogens (tertiary/aromatic N) is 2. The standard InChI is InChI=1S/C24H33N3O5S/c1-19(24(29)25-2)26(17-15-20-10-6-5-7-11-20)23(28)14-9-16-27(33(4,30)31)21-12-8-13-22(18-21)32-3/h5-8,10-13,18-19H,9,14-17H2,1-4H3,(H,25,29)/t19-/m0/s1. The monoisotopic (exact) mass is 475 g/mol. The lowest BCUT2D eigenvalue weighted by Gasteiger charge is -2.29. The van der Waals surface area contributed by atoms with E-state index in [0.29, 0.717) is 30.8 Å². The van der Waals surface area contributed by atoms with Crippen molar-refractivity contribution in [3.8, 4) is 5.75 Å². The van der Waals surface area contributed by atoms with Gasteiger partial charge in [0.25, 0.3) is 0 Å². The second-order valence-corrected chi connectivity index (χ2v) is 9.66. The van der Waals surface area contributed by atoms with Gasteiger partial charge >= 0.3 is 0 Å². The summed E-state index contributed by atoms with van der Waals surface area (Å²) in [5.41, 5.74) is 1.55. The molecule has 0 fully saturated rings. The van der Waals surface area contributed by atoms with Crippen LogP contribution in [0.5, 0.6) is 5.75 Å². The van der Waals surface area contributed by atoms with E-state index < -0.39 is 16.1 Å². The number of likely N-dealkylation sites (N-methyl/N-ethyl adjacent to an activating group) is 1. The molecule has 0 spiro atoms. The normalized spacial score (nSPS) is 12.0. The maximum atomic E-state index is 13.1. The quantitative estimate of drug-likeness (QED) is 0.509. The van der Waals surface area contributed by atoms with Crippen molar-refractivity contribution in [2.75, 3.05) is 37.8 Å². The molecule has 2 amide bonds. The van der Waals surface area contributed by atoms with Crippen LogP contribution in [0.3, 0.4) is 0 Å². The molecule has 2 aromatic carbocycles. The number of carbonyl (C=O) groups excluding carboxylic acids is 2. The molecule has 0 heterocycles. The zero-order valence-corrected chi connectivity index (χ0v) is 20.5. The van der Waals surface area contributed by atoms with E-state index in [4.69, 9.17) is 4.74 Å². The molecule has 0 aliphatic carbocycles. The molecule has 33 heavy (non-hydrogen) atoms. The zero-order valence-electron chi connectivity index (χ0n) is 19.7. The van der Waals surface area contributed by atoms with Gasteiger partial charge in [-0.1, -0.05) is 36.4 Å². The summed E-state index contributed by atoms with van der Waals surface area (Å²) in [6.45, 7) is 2.22. The van der Waals surface area contributed by atoms with Crippen LogP contribution in [0.4, 0.5) is 5.69 Å². The fourth-order valence-electron chi connectivity index (χ4n) is 3.55. The third kappa shape index (κ3) is 7.78. The van der Waals surface area contributed by atoms with E-state index in [2.05, 4.69) is 5.32 Å². The average molecular weight is 476 g/mol. The predicted octanol–water partition coefficient (Wildman–Crippen LogP) is 2.45. The van der Waals surface area contributed by atoms with Gasteiger partial charge in [0.15, 0.2) is 0 Å². The van der Waals surface area contributed by atoms with E-state index in [1.807, 2.05) is 30.3 Å². The highest BCUT2D eigenvalue weighted by Gasteiger charge is 2.25. The maximum Gasteiger partial charge on any atom is 0.242 e. The van der Waals surface area contributed by atoms with E-state index in [1.165, 1.54) is 18.5 Å². The number of nitrogens with one attached hydrogen (secondary N) is 1. The predicted molar refractivity (Wildman–Crippen MR) is 130 cm³/mol. The Morgan fingerprint density at radius 2 is 1.76 bits per heavy atom. The molecule has 0 aliphatic rings. The number of anilines is 1. The highest BCUT2D eigenvalue weighted by Crippen LogP contribution is 2.23. The Hall–Kier alpha value is -3.07. The first kappa shape index (κ1) is 26.2.